The maximum absolute atomic E-state index is 12.6. The van der Waals surface area contributed by atoms with E-state index in [1.807, 2.05) is 43.6 Å². The third-order valence-corrected chi connectivity index (χ3v) is 5.98. The van der Waals surface area contributed by atoms with Gasteiger partial charge in [-0.3, -0.25) is 9.36 Å². The maximum Gasteiger partial charge on any atom is 0.258 e. The number of fused-ring (bicyclic) bond motifs is 1. The minimum absolute atomic E-state index is 0.128. The number of imidazole rings is 1. The molecule has 1 saturated carbocycles. The van der Waals surface area contributed by atoms with E-state index in [1.54, 1.807) is 22.1 Å². The SMILES string of the molecule is Cc1csc(COc2ccn(-c3ccc4nc(C5CC5)n(C)c4c3)c(=O)c2)n1. The number of hydrogen-bond acceptors (Lipinski definition) is 5. The van der Waals surface area contributed by atoms with Crippen LogP contribution >= 0.6 is 11.3 Å². The van der Waals surface area contributed by atoms with Crippen molar-refractivity contribution >= 4 is 22.4 Å². The van der Waals surface area contributed by atoms with E-state index >= 15 is 0 Å². The van der Waals surface area contributed by atoms with E-state index < -0.39 is 0 Å². The molecule has 1 aliphatic rings. The molecule has 0 atom stereocenters. The van der Waals surface area contributed by atoms with Crippen molar-refractivity contribution in [2.75, 3.05) is 0 Å². The Labute approximate surface area is 166 Å². The van der Waals surface area contributed by atoms with Gasteiger partial charge in [-0.05, 0) is 44.0 Å². The number of aryl methyl sites for hydroxylation is 2. The first-order chi connectivity index (χ1) is 13.6. The first-order valence-corrected chi connectivity index (χ1v) is 10.2. The molecule has 1 aliphatic carbocycles. The third kappa shape index (κ3) is 3.11. The van der Waals surface area contributed by atoms with E-state index in [2.05, 4.69) is 9.55 Å². The fourth-order valence-corrected chi connectivity index (χ4v) is 4.11. The highest BCUT2D eigenvalue weighted by Gasteiger charge is 2.28. The van der Waals surface area contributed by atoms with Crippen LogP contribution in [0.3, 0.4) is 0 Å². The average molecular weight is 392 g/mol. The largest absolute Gasteiger partial charge is 0.486 e. The van der Waals surface area contributed by atoms with E-state index in [1.165, 1.54) is 18.9 Å². The molecule has 0 bridgehead atoms. The van der Waals surface area contributed by atoms with Crippen LogP contribution in [0, 0.1) is 6.92 Å². The Kier molecular flexibility index (Phi) is 4.05. The summed E-state index contributed by atoms with van der Waals surface area (Å²) in [6.07, 6.45) is 4.18. The van der Waals surface area contributed by atoms with Gasteiger partial charge in [0.15, 0.2) is 0 Å². The van der Waals surface area contributed by atoms with Crippen molar-refractivity contribution in [1.29, 1.82) is 0 Å². The van der Waals surface area contributed by atoms with Crippen molar-refractivity contribution < 1.29 is 4.74 Å². The summed E-state index contributed by atoms with van der Waals surface area (Å²) in [6.45, 7) is 2.32. The van der Waals surface area contributed by atoms with E-state index in [4.69, 9.17) is 9.72 Å². The molecule has 0 radical (unpaired) electrons. The summed E-state index contributed by atoms with van der Waals surface area (Å²) in [5, 5.41) is 2.88. The third-order valence-electron chi connectivity index (χ3n) is 5.04. The van der Waals surface area contributed by atoms with E-state index in [-0.39, 0.29) is 5.56 Å². The Morgan fingerprint density at radius 1 is 1.21 bits per heavy atom. The number of hydrogen-bond donors (Lipinski definition) is 0. The van der Waals surface area contributed by atoms with Crippen LogP contribution in [-0.2, 0) is 13.7 Å². The lowest BCUT2D eigenvalue weighted by molar-refractivity contribution is 0.304. The molecule has 0 spiro atoms. The van der Waals surface area contributed by atoms with Gasteiger partial charge in [0.25, 0.3) is 5.56 Å². The van der Waals surface area contributed by atoms with Gasteiger partial charge in [-0.25, -0.2) is 9.97 Å². The van der Waals surface area contributed by atoms with Crippen molar-refractivity contribution in [3.8, 4) is 11.4 Å². The molecule has 5 rings (SSSR count). The van der Waals surface area contributed by atoms with Crippen LogP contribution in [0.2, 0.25) is 0 Å². The van der Waals surface area contributed by atoms with Gasteiger partial charge in [0.05, 0.1) is 16.7 Å². The summed E-state index contributed by atoms with van der Waals surface area (Å²) in [6, 6.07) is 9.27. The summed E-state index contributed by atoms with van der Waals surface area (Å²) in [5.74, 6) is 2.27. The lowest BCUT2D eigenvalue weighted by Crippen LogP contribution is -2.16. The number of thiazole rings is 1. The minimum atomic E-state index is -0.128. The van der Waals surface area contributed by atoms with Gasteiger partial charge in [0.1, 0.15) is 23.2 Å². The average Bonchev–Trinajstić information content (AvgIpc) is 3.37. The van der Waals surface area contributed by atoms with E-state index in [0.717, 1.165) is 33.2 Å². The number of nitrogens with zero attached hydrogens (tertiary/aromatic N) is 4. The van der Waals surface area contributed by atoms with Gasteiger partial charge < -0.3 is 9.30 Å². The zero-order chi connectivity index (χ0) is 19.3. The van der Waals surface area contributed by atoms with Crippen molar-refractivity contribution in [2.45, 2.75) is 32.3 Å². The van der Waals surface area contributed by atoms with Crippen LogP contribution in [0.1, 0.15) is 35.3 Å². The Morgan fingerprint density at radius 2 is 2.07 bits per heavy atom. The molecule has 3 aromatic heterocycles. The molecule has 0 aliphatic heterocycles. The molecule has 7 heteroatoms. The molecule has 6 nitrogen and oxygen atoms in total. The highest BCUT2D eigenvalue weighted by atomic mass is 32.1. The molecular formula is C21H20N4O2S. The van der Waals surface area contributed by atoms with Gasteiger partial charge >= 0.3 is 0 Å². The summed E-state index contributed by atoms with van der Waals surface area (Å²) >= 11 is 1.56. The fraction of sp³-hybridized carbons (Fsp3) is 0.286. The second-order valence-corrected chi connectivity index (χ2v) is 8.16. The standard InChI is InChI=1S/C21H20N4O2S/c1-13-12-28-19(22-13)11-27-16-7-8-25(20(26)10-16)15-5-6-17-18(9-15)24(2)21(23-17)14-3-4-14/h5-10,12,14H,3-4,11H2,1-2H3. The Morgan fingerprint density at radius 3 is 2.79 bits per heavy atom. The van der Waals surface area contributed by atoms with Crippen LogP contribution < -0.4 is 10.3 Å². The second-order valence-electron chi connectivity index (χ2n) is 7.22. The maximum atomic E-state index is 12.6. The zero-order valence-electron chi connectivity index (χ0n) is 15.8. The zero-order valence-corrected chi connectivity index (χ0v) is 16.6. The summed E-state index contributed by atoms with van der Waals surface area (Å²) in [5.41, 5.74) is 3.70. The van der Waals surface area contributed by atoms with Gasteiger partial charge in [-0.2, -0.15) is 0 Å². The Bertz CT molecular complexity index is 1230. The second kappa shape index (κ2) is 6.60. The smallest absolute Gasteiger partial charge is 0.258 e. The summed E-state index contributed by atoms with van der Waals surface area (Å²) < 4.78 is 9.50. The number of pyridine rings is 1. The van der Waals surface area contributed by atoms with Crippen molar-refractivity contribution in [2.24, 2.45) is 7.05 Å². The molecule has 1 aromatic carbocycles. The molecule has 4 aromatic rings. The predicted molar refractivity (Wildman–Crippen MR) is 109 cm³/mol. The van der Waals surface area contributed by atoms with Crippen LogP contribution in [0.5, 0.6) is 5.75 Å². The van der Waals surface area contributed by atoms with Gasteiger partial charge in [-0.15, -0.1) is 11.3 Å². The lowest BCUT2D eigenvalue weighted by Gasteiger charge is -2.09. The number of aromatic nitrogens is 4. The number of benzene rings is 1. The molecule has 142 valence electrons. The van der Waals surface area contributed by atoms with Crippen LogP contribution in [0.25, 0.3) is 16.7 Å². The monoisotopic (exact) mass is 392 g/mol. The quantitative estimate of drug-likeness (QED) is 0.516. The minimum Gasteiger partial charge on any atom is -0.486 e. The van der Waals surface area contributed by atoms with Crippen molar-refractivity contribution in [1.82, 2.24) is 19.1 Å². The Balaban J connectivity index is 1.42. The first-order valence-electron chi connectivity index (χ1n) is 9.32. The highest BCUT2D eigenvalue weighted by Crippen LogP contribution is 2.40. The molecule has 0 amide bonds. The van der Waals surface area contributed by atoms with Crippen LogP contribution in [0.4, 0.5) is 0 Å². The van der Waals surface area contributed by atoms with Gasteiger partial charge in [-0.1, -0.05) is 0 Å². The van der Waals surface area contributed by atoms with Crippen molar-refractivity contribution in [3.05, 3.63) is 68.8 Å². The van der Waals surface area contributed by atoms with Gasteiger partial charge in [0.2, 0.25) is 0 Å². The Hall–Kier alpha value is -2.93. The van der Waals surface area contributed by atoms with Crippen LogP contribution in [-0.4, -0.2) is 19.1 Å². The van der Waals surface area contributed by atoms with Crippen LogP contribution in [0.15, 0.2) is 46.7 Å². The molecule has 28 heavy (non-hydrogen) atoms. The van der Waals surface area contributed by atoms with E-state index in [9.17, 15) is 4.79 Å². The van der Waals surface area contributed by atoms with Crippen molar-refractivity contribution in [3.63, 3.8) is 0 Å². The first kappa shape index (κ1) is 17.2. The topological polar surface area (TPSA) is 61.9 Å². The number of ether oxygens (including phenoxy) is 1. The predicted octanol–water partition coefficient (Wildman–Crippen LogP) is 3.95. The summed E-state index contributed by atoms with van der Waals surface area (Å²) in [4.78, 5) is 21.8. The van der Waals surface area contributed by atoms with Gasteiger partial charge in [0, 0.05) is 36.3 Å². The fourth-order valence-electron chi connectivity index (χ4n) is 3.43. The van der Waals surface area contributed by atoms with E-state index in [0.29, 0.717) is 18.3 Å². The molecular weight excluding hydrogens is 372 g/mol. The molecule has 1 fully saturated rings. The summed E-state index contributed by atoms with van der Waals surface area (Å²) in [7, 11) is 2.05. The molecule has 3 heterocycles. The normalized spacial score (nSPS) is 13.9. The molecule has 0 unspecified atom stereocenters. The lowest BCUT2D eigenvalue weighted by atomic mass is 10.2. The molecule has 0 N–H and O–H groups in total. The number of rotatable bonds is 5. The molecule has 0 saturated heterocycles. The highest BCUT2D eigenvalue weighted by molar-refractivity contribution is 7.09.